The first-order chi connectivity index (χ1) is 29.2. The standard InChI is InChI=1S/C54H31N3OS/c1-2-11-32(12-3-1)36-24-26-44-42(30-36)49-39-16-7-6-14-34(39)23-27-45(49)57(44)38-25-28-46-43(31-38)50-41(18-10-19-47(50)58-46)54-55-51(37-22-21-33-13-4-5-15-35(33)29-37)53-52(56-54)40-17-8-9-20-48(40)59-53/h1-31H. The summed E-state index contributed by atoms with van der Waals surface area (Å²) >= 11 is 1.76. The number of thiophene rings is 1. The highest BCUT2D eigenvalue weighted by molar-refractivity contribution is 7.26. The molecular formula is C54H31N3OS. The lowest BCUT2D eigenvalue weighted by Crippen LogP contribution is -1.95. The van der Waals surface area contributed by atoms with Crippen molar-refractivity contribution in [1.82, 2.24) is 14.5 Å². The van der Waals surface area contributed by atoms with E-state index in [2.05, 4.69) is 193 Å². The fourth-order valence-corrected chi connectivity index (χ4v) is 10.4. The van der Waals surface area contributed by atoms with Crippen molar-refractivity contribution in [3.8, 4) is 39.5 Å². The maximum absolute atomic E-state index is 6.63. The Labute approximate surface area is 341 Å². The summed E-state index contributed by atoms with van der Waals surface area (Å²) in [5.74, 6) is 0.680. The fraction of sp³-hybridized carbons (Fsp3) is 0. The molecule has 4 aromatic heterocycles. The Morgan fingerprint density at radius 1 is 0.441 bits per heavy atom. The van der Waals surface area contributed by atoms with Gasteiger partial charge < -0.3 is 8.98 Å². The average Bonchev–Trinajstić information content (AvgIpc) is 3.98. The normalized spacial score (nSPS) is 12.1. The largest absolute Gasteiger partial charge is 0.456 e. The molecule has 0 radical (unpaired) electrons. The van der Waals surface area contributed by atoms with Gasteiger partial charge in [-0.15, -0.1) is 11.3 Å². The van der Waals surface area contributed by atoms with E-state index < -0.39 is 0 Å². The minimum Gasteiger partial charge on any atom is -0.456 e. The van der Waals surface area contributed by atoms with Gasteiger partial charge in [-0.3, -0.25) is 0 Å². The second-order valence-electron chi connectivity index (χ2n) is 15.3. The highest BCUT2D eigenvalue weighted by Gasteiger charge is 2.22. The molecule has 0 N–H and O–H groups in total. The van der Waals surface area contributed by atoms with E-state index in [1.807, 2.05) is 0 Å². The van der Waals surface area contributed by atoms with Gasteiger partial charge in [0.1, 0.15) is 11.2 Å². The van der Waals surface area contributed by atoms with Crippen molar-refractivity contribution < 1.29 is 4.42 Å². The van der Waals surface area contributed by atoms with Crippen LogP contribution in [0.15, 0.2) is 192 Å². The van der Waals surface area contributed by atoms with Gasteiger partial charge in [-0.05, 0) is 87.3 Å². The van der Waals surface area contributed by atoms with Crippen LogP contribution < -0.4 is 0 Å². The van der Waals surface area contributed by atoms with Crippen LogP contribution in [0.5, 0.6) is 0 Å². The zero-order valence-electron chi connectivity index (χ0n) is 31.6. The minimum atomic E-state index is 0.680. The predicted molar refractivity (Wildman–Crippen MR) is 248 cm³/mol. The Morgan fingerprint density at radius 3 is 2.12 bits per heavy atom. The number of nitrogens with zero attached hydrogens (tertiary/aromatic N) is 3. The molecule has 0 bridgehead atoms. The lowest BCUT2D eigenvalue weighted by molar-refractivity contribution is 0.669. The second-order valence-corrected chi connectivity index (χ2v) is 16.4. The second kappa shape index (κ2) is 12.4. The summed E-state index contributed by atoms with van der Waals surface area (Å²) in [7, 11) is 0. The Morgan fingerprint density at radius 2 is 1.20 bits per heavy atom. The van der Waals surface area contributed by atoms with Gasteiger partial charge in [-0.2, -0.15) is 0 Å². The molecule has 0 aliphatic rings. The first-order valence-electron chi connectivity index (χ1n) is 19.9. The quantitative estimate of drug-likeness (QED) is 0.179. The molecule has 0 fully saturated rings. The van der Waals surface area contributed by atoms with Crippen LogP contribution in [-0.2, 0) is 0 Å². The van der Waals surface area contributed by atoms with Crippen LogP contribution in [0.1, 0.15) is 0 Å². The zero-order chi connectivity index (χ0) is 38.6. The van der Waals surface area contributed by atoms with Crippen LogP contribution in [0.3, 0.4) is 0 Å². The van der Waals surface area contributed by atoms with Gasteiger partial charge in [0.2, 0.25) is 0 Å². The first-order valence-corrected chi connectivity index (χ1v) is 20.7. The molecular weight excluding hydrogens is 739 g/mol. The number of furan rings is 1. The molecule has 274 valence electrons. The molecule has 0 aliphatic carbocycles. The third kappa shape index (κ3) is 4.89. The van der Waals surface area contributed by atoms with Gasteiger partial charge in [0, 0.05) is 48.4 Å². The number of hydrogen-bond acceptors (Lipinski definition) is 4. The number of rotatable bonds is 4. The van der Waals surface area contributed by atoms with Crippen LogP contribution in [0.2, 0.25) is 0 Å². The Kier molecular flexibility index (Phi) is 6.85. The van der Waals surface area contributed by atoms with E-state index in [0.717, 1.165) is 71.1 Å². The van der Waals surface area contributed by atoms with Crippen LogP contribution in [0.4, 0.5) is 0 Å². The van der Waals surface area contributed by atoms with E-state index in [9.17, 15) is 0 Å². The van der Waals surface area contributed by atoms with Gasteiger partial charge in [0.25, 0.3) is 0 Å². The smallest absolute Gasteiger partial charge is 0.161 e. The lowest BCUT2D eigenvalue weighted by Gasteiger charge is -2.10. The van der Waals surface area contributed by atoms with Crippen LogP contribution in [-0.4, -0.2) is 14.5 Å². The van der Waals surface area contributed by atoms with Crippen molar-refractivity contribution >= 4 is 96.9 Å². The Hall–Kier alpha value is -7.60. The third-order valence-corrected chi connectivity index (χ3v) is 13.1. The van der Waals surface area contributed by atoms with Crippen LogP contribution >= 0.6 is 11.3 Å². The summed E-state index contributed by atoms with van der Waals surface area (Å²) in [4.78, 5) is 10.8. The highest BCUT2D eigenvalue weighted by Crippen LogP contribution is 2.44. The molecule has 0 spiro atoms. The van der Waals surface area contributed by atoms with E-state index in [1.165, 1.54) is 48.1 Å². The van der Waals surface area contributed by atoms with Crippen molar-refractivity contribution in [3.05, 3.63) is 188 Å². The molecule has 4 nitrogen and oxygen atoms in total. The summed E-state index contributed by atoms with van der Waals surface area (Å²) in [6.07, 6.45) is 0. The molecule has 13 aromatic rings. The molecule has 0 saturated heterocycles. The minimum absolute atomic E-state index is 0.680. The van der Waals surface area contributed by atoms with Crippen LogP contribution in [0, 0.1) is 0 Å². The van der Waals surface area contributed by atoms with Crippen molar-refractivity contribution in [2.24, 2.45) is 0 Å². The monoisotopic (exact) mass is 769 g/mol. The number of fused-ring (bicyclic) bond motifs is 12. The molecule has 9 aromatic carbocycles. The molecule has 0 amide bonds. The highest BCUT2D eigenvalue weighted by atomic mass is 32.1. The van der Waals surface area contributed by atoms with E-state index in [1.54, 1.807) is 11.3 Å². The molecule has 0 saturated carbocycles. The summed E-state index contributed by atoms with van der Waals surface area (Å²) in [6, 6.07) is 67.2. The van der Waals surface area contributed by atoms with Gasteiger partial charge in [-0.25, -0.2) is 9.97 Å². The van der Waals surface area contributed by atoms with Gasteiger partial charge >= 0.3 is 0 Å². The molecule has 59 heavy (non-hydrogen) atoms. The Bertz CT molecular complexity index is 3860. The van der Waals surface area contributed by atoms with E-state index in [-0.39, 0.29) is 0 Å². The fourth-order valence-electron chi connectivity index (χ4n) is 9.26. The number of aromatic nitrogens is 3. The molecule has 0 atom stereocenters. The summed E-state index contributed by atoms with van der Waals surface area (Å²) in [5.41, 5.74) is 11.3. The van der Waals surface area contributed by atoms with Crippen molar-refractivity contribution in [1.29, 1.82) is 0 Å². The lowest BCUT2D eigenvalue weighted by atomic mass is 10.0. The maximum atomic E-state index is 6.63. The molecule has 0 aliphatic heterocycles. The summed E-state index contributed by atoms with van der Waals surface area (Å²) in [6.45, 7) is 0. The number of hydrogen-bond donors (Lipinski definition) is 0. The topological polar surface area (TPSA) is 43.9 Å². The van der Waals surface area contributed by atoms with Crippen molar-refractivity contribution in [2.45, 2.75) is 0 Å². The third-order valence-electron chi connectivity index (χ3n) is 12.0. The molecule has 0 unspecified atom stereocenters. The summed E-state index contributed by atoms with van der Waals surface area (Å²) in [5, 5.41) is 10.5. The van der Waals surface area contributed by atoms with Gasteiger partial charge in [0.15, 0.2) is 5.82 Å². The van der Waals surface area contributed by atoms with Crippen LogP contribution in [0.25, 0.3) is 125 Å². The van der Waals surface area contributed by atoms with Gasteiger partial charge in [0.05, 0.1) is 26.9 Å². The van der Waals surface area contributed by atoms with E-state index >= 15 is 0 Å². The van der Waals surface area contributed by atoms with E-state index in [4.69, 9.17) is 14.4 Å². The van der Waals surface area contributed by atoms with Gasteiger partial charge in [-0.1, -0.05) is 133 Å². The van der Waals surface area contributed by atoms with Crippen molar-refractivity contribution in [3.63, 3.8) is 0 Å². The first kappa shape index (κ1) is 32.5. The molecule has 13 rings (SSSR count). The molecule has 5 heteroatoms. The maximum Gasteiger partial charge on any atom is 0.161 e. The van der Waals surface area contributed by atoms with E-state index in [0.29, 0.717) is 5.82 Å². The number of benzene rings is 9. The Balaban J connectivity index is 1.07. The average molecular weight is 770 g/mol. The van der Waals surface area contributed by atoms with Crippen molar-refractivity contribution in [2.75, 3.05) is 0 Å². The SMILES string of the molecule is c1ccc(-c2ccc3c(c2)c2c4ccccc4ccc2n3-c2ccc3oc4cccc(-c5nc(-c6ccc7ccccc7c6)c6sc7ccccc7c6n5)c4c3c2)cc1. The predicted octanol–water partition coefficient (Wildman–Crippen LogP) is 15.1. The molecule has 4 heterocycles. The zero-order valence-corrected chi connectivity index (χ0v) is 32.4. The summed E-state index contributed by atoms with van der Waals surface area (Å²) < 4.78 is 11.3.